The fourth-order valence-electron chi connectivity index (χ4n) is 2.31. The summed E-state index contributed by atoms with van der Waals surface area (Å²) in [6.07, 6.45) is 3.15. The Morgan fingerprint density at radius 3 is 2.80 bits per heavy atom. The van der Waals surface area contributed by atoms with Crippen molar-refractivity contribution in [2.45, 2.75) is 0 Å². The number of carbonyl (C=O) groups is 1. The van der Waals surface area contributed by atoms with Gasteiger partial charge in [0, 0.05) is 11.6 Å². The van der Waals surface area contributed by atoms with Gasteiger partial charge in [-0.05, 0) is 23.8 Å². The monoisotopic (exact) mass is 351 g/mol. The minimum atomic E-state index is -0.270. The van der Waals surface area contributed by atoms with Gasteiger partial charge in [-0.1, -0.05) is 47.7 Å². The van der Waals surface area contributed by atoms with E-state index in [1.54, 1.807) is 6.08 Å². The van der Waals surface area contributed by atoms with Crippen LogP contribution in [0.5, 0.6) is 11.5 Å². The lowest BCUT2D eigenvalue weighted by Crippen LogP contribution is -2.07. The predicted molar refractivity (Wildman–Crippen MR) is 95.6 cm³/mol. The smallest absolute Gasteiger partial charge is 0.250 e. The number of fused-ring (bicyclic) bond motifs is 1. The Morgan fingerprint density at radius 1 is 1.08 bits per heavy atom. The average molecular weight is 351 g/mol. The molecule has 1 aliphatic heterocycles. The summed E-state index contributed by atoms with van der Waals surface area (Å²) >= 11 is 1.33. The lowest BCUT2D eigenvalue weighted by Gasteiger charge is -1.98. The molecule has 6 nitrogen and oxygen atoms in total. The van der Waals surface area contributed by atoms with Gasteiger partial charge in [-0.15, -0.1) is 10.2 Å². The predicted octanol–water partition coefficient (Wildman–Crippen LogP) is 3.59. The molecule has 0 fully saturated rings. The number of ether oxygens (including phenoxy) is 2. The molecule has 1 amide bonds. The van der Waals surface area contributed by atoms with Crippen molar-refractivity contribution in [3.8, 4) is 22.1 Å². The molecular formula is C18H13N3O3S. The van der Waals surface area contributed by atoms with E-state index >= 15 is 0 Å². The Kier molecular flexibility index (Phi) is 4.14. The van der Waals surface area contributed by atoms with Crippen LogP contribution in [0.2, 0.25) is 0 Å². The SMILES string of the molecule is O=C(C=Cc1ccc2c(c1)OCO2)Nc1nnc(-c2ccccc2)s1. The Bertz CT molecular complexity index is 938. The van der Waals surface area contributed by atoms with Crippen LogP contribution >= 0.6 is 11.3 Å². The van der Waals surface area contributed by atoms with Crippen LogP contribution in [-0.2, 0) is 4.79 Å². The summed E-state index contributed by atoms with van der Waals surface area (Å²) in [6.45, 7) is 0.226. The average Bonchev–Trinajstić information content (AvgIpc) is 3.29. The van der Waals surface area contributed by atoms with Gasteiger partial charge in [0.05, 0.1) is 0 Å². The van der Waals surface area contributed by atoms with Gasteiger partial charge < -0.3 is 9.47 Å². The Labute approximate surface area is 147 Å². The van der Waals surface area contributed by atoms with Crippen LogP contribution in [0.15, 0.2) is 54.6 Å². The summed E-state index contributed by atoms with van der Waals surface area (Å²) in [5.41, 5.74) is 1.82. The highest BCUT2D eigenvalue weighted by Crippen LogP contribution is 2.32. The summed E-state index contributed by atoms with van der Waals surface area (Å²) in [4.78, 5) is 12.1. The zero-order valence-electron chi connectivity index (χ0n) is 13.0. The van der Waals surface area contributed by atoms with E-state index in [-0.39, 0.29) is 12.7 Å². The minimum absolute atomic E-state index is 0.226. The minimum Gasteiger partial charge on any atom is -0.454 e. The standard InChI is InChI=1S/C18H13N3O3S/c22-16(9-7-12-6-8-14-15(10-12)24-11-23-14)19-18-21-20-17(25-18)13-4-2-1-3-5-13/h1-10H,11H2,(H,19,21,22). The van der Waals surface area contributed by atoms with Crippen LogP contribution < -0.4 is 14.8 Å². The summed E-state index contributed by atoms with van der Waals surface area (Å²) in [5.74, 6) is 1.12. The van der Waals surface area contributed by atoms with Crippen molar-refractivity contribution in [1.29, 1.82) is 0 Å². The molecule has 0 saturated heterocycles. The normalized spacial score (nSPS) is 12.5. The number of benzene rings is 2. The first kappa shape index (κ1) is 15.3. The summed E-state index contributed by atoms with van der Waals surface area (Å²) in [6, 6.07) is 15.2. The number of hydrogen-bond donors (Lipinski definition) is 1. The molecule has 1 aliphatic rings. The van der Waals surface area contributed by atoms with E-state index in [9.17, 15) is 4.79 Å². The van der Waals surface area contributed by atoms with Gasteiger partial charge in [-0.2, -0.15) is 0 Å². The fourth-order valence-corrected chi connectivity index (χ4v) is 3.06. The van der Waals surface area contributed by atoms with Gasteiger partial charge in [-0.25, -0.2) is 0 Å². The summed E-state index contributed by atoms with van der Waals surface area (Å²) in [7, 11) is 0. The molecule has 2 heterocycles. The highest BCUT2D eigenvalue weighted by molar-refractivity contribution is 7.18. The number of hydrogen-bond acceptors (Lipinski definition) is 6. The van der Waals surface area contributed by atoms with Crippen molar-refractivity contribution >= 4 is 28.5 Å². The van der Waals surface area contributed by atoms with E-state index < -0.39 is 0 Å². The second-order valence-electron chi connectivity index (χ2n) is 5.21. The molecule has 0 unspecified atom stereocenters. The molecule has 7 heteroatoms. The van der Waals surface area contributed by atoms with Crippen LogP contribution in [0.3, 0.4) is 0 Å². The zero-order valence-corrected chi connectivity index (χ0v) is 13.8. The Balaban J connectivity index is 1.41. The van der Waals surface area contributed by atoms with Crippen molar-refractivity contribution in [3.63, 3.8) is 0 Å². The van der Waals surface area contributed by atoms with Crippen LogP contribution in [0.1, 0.15) is 5.56 Å². The topological polar surface area (TPSA) is 73.3 Å². The molecule has 3 aromatic rings. The maximum atomic E-state index is 12.1. The van der Waals surface area contributed by atoms with Gasteiger partial charge in [-0.3, -0.25) is 10.1 Å². The van der Waals surface area contributed by atoms with E-state index in [2.05, 4.69) is 15.5 Å². The Morgan fingerprint density at radius 2 is 1.92 bits per heavy atom. The van der Waals surface area contributed by atoms with Gasteiger partial charge >= 0.3 is 0 Å². The second-order valence-corrected chi connectivity index (χ2v) is 6.19. The third-order valence-electron chi connectivity index (χ3n) is 3.50. The van der Waals surface area contributed by atoms with E-state index in [0.29, 0.717) is 16.6 Å². The van der Waals surface area contributed by atoms with Crippen molar-refractivity contribution in [3.05, 3.63) is 60.2 Å². The summed E-state index contributed by atoms with van der Waals surface area (Å²) in [5, 5.41) is 12.0. The number of nitrogens with zero attached hydrogens (tertiary/aromatic N) is 2. The van der Waals surface area contributed by atoms with Crippen LogP contribution in [0.25, 0.3) is 16.6 Å². The first-order valence-electron chi connectivity index (χ1n) is 7.55. The molecule has 2 aromatic carbocycles. The van der Waals surface area contributed by atoms with Gasteiger partial charge in [0.2, 0.25) is 17.8 Å². The van der Waals surface area contributed by atoms with Crippen molar-refractivity contribution in [2.24, 2.45) is 0 Å². The van der Waals surface area contributed by atoms with Gasteiger partial charge in [0.1, 0.15) is 5.01 Å². The van der Waals surface area contributed by atoms with E-state index in [1.807, 2.05) is 48.5 Å². The molecule has 0 spiro atoms. The first-order chi connectivity index (χ1) is 12.3. The maximum absolute atomic E-state index is 12.1. The first-order valence-corrected chi connectivity index (χ1v) is 8.37. The molecule has 0 radical (unpaired) electrons. The highest BCUT2D eigenvalue weighted by Gasteiger charge is 2.12. The molecule has 1 N–H and O–H groups in total. The third-order valence-corrected chi connectivity index (χ3v) is 4.39. The molecule has 0 bridgehead atoms. The van der Waals surface area contributed by atoms with E-state index in [4.69, 9.17) is 9.47 Å². The molecule has 124 valence electrons. The number of aromatic nitrogens is 2. The Hall–Kier alpha value is -3.19. The number of anilines is 1. The van der Waals surface area contributed by atoms with Gasteiger partial charge in [0.15, 0.2) is 11.5 Å². The van der Waals surface area contributed by atoms with E-state index in [1.165, 1.54) is 17.4 Å². The number of nitrogens with one attached hydrogen (secondary N) is 1. The van der Waals surface area contributed by atoms with Crippen molar-refractivity contribution in [2.75, 3.05) is 12.1 Å². The molecule has 0 atom stereocenters. The van der Waals surface area contributed by atoms with E-state index in [0.717, 1.165) is 16.1 Å². The molecule has 0 aliphatic carbocycles. The summed E-state index contributed by atoms with van der Waals surface area (Å²) < 4.78 is 10.6. The zero-order chi connectivity index (χ0) is 17.1. The maximum Gasteiger partial charge on any atom is 0.250 e. The molecule has 1 aromatic heterocycles. The van der Waals surface area contributed by atoms with Crippen LogP contribution in [0, 0.1) is 0 Å². The van der Waals surface area contributed by atoms with Crippen molar-refractivity contribution in [1.82, 2.24) is 10.2 Å². The van der Waals surface area contributed by atoms with Crippen LogP contribution in [-0.4, -0.2) is 22.9 Å². The lowest BCUT2D eigenvalue weighted by atomic mass is 10.2. The largest absolute Gasteiger partial charge is 0.454 e. The molecular weight excluding hydrogens is 338 g/mol. The van der Waals surface area contributed by atoms with Crippen LogP contribution in [0.4, 0.5) is 5.13 Å². The molecule has 0 saturated carbocycles. The quantitative estimate of drug-likeness (QED) is 0.727. The number of amides is 1. The van der Waals surface area contributed by atoms with Gasteiger partial charge in [0.25, 0.3) is 0 Å². The van der Waals surface area contributed by atoms with Crippen molar-refractivity contribution < 1.29 is 14.3 Å². The molecule has 25 heavy (non-hydrogen) atoms. The second kappa shape index (κ2) is 6.74. The molecule has 4 rings (SSSR count). The number of carbonyl (C=O) groups excluding carboxylic acids is 1. The number of rotatable bonds is 4. The third kappa shape index (κ3) is 3.51. The fraction of sp³-hybridized carbons (Fsp3) is 0.0556. The lowest BCUT2D eigenvalue weighted by molar-refractivity contribution is -0.111. The highest BCUT2D eigenvalue weighted by atomic mass is 32.1.